The van der Waals surface area contributed by atoms with Crippen molar-refractivity contribution in [2.75, 3.05) is 13.2 Å². The first-order valence-electron chi connectivity index (χ1n) is 8.19. The van der Waals surface area contributed by atoms with Crippen molar-refractivity contribution in [1.82, 2.24) is 20.3 Å². The summed E-state index contributed by atoms with van der Waals surface area (Å²) in [5, 5.41) is 9.77. The number of benzene rings is 2. The minimum atomic E-state index is -4.52. The number of aromatic nitrogens is 3. The van der Waals surface area contributed by atoms with Crippen LogP contribution < -0.4 is 5.32 Å². The molecular formula is C18H15F3N4O3. The molecule has 28 heavy (non-hydrogen) atoms. The molecule has 1 N–H and O–H groups in total. The number of hydrogen-bond acceptors (Lipinski definition) is 5. The van der Waals surface area contributed by atoms with Gasteiger partial charge < -0.3 is 10.1 Å². The van der Waals surface area contributed by atoms with E-state index in [1.807, 2.05) is 24.3 Å². The van der Waals surface area contributed by atoms with Crippen LogP contribution in [-0.2, 0) is 16.1 Å². The number of hydrogen-bond donors (Lipinski definition) is 1. The smallest absolute Gasteiger partial charge is 0.405 e. The standard InChI is InChI=1S/C18H15F3N4O3/c19-18(20,21)11-22-16(26)10-28-17(27)13-7-5-12(6-8-13)9-25-15-4-2-1-3-14(15)23-24-25/h1-8H,9-11H2,(H,22,26). The molecule has 1 amide bonds. The lowest BCUT2D eigenvalue weighted by Gasteiger charge is -2.09. The molecule has 0 saturated heterocycles. The summed E-state index contributed by atoms with van der Waals surface area (Å²) in [5.74, 6) is -1.83. The highest BCUT2D eigenvalue weighted by atomic mass is 19.4. The molecule has 0 spiro atoms. The lowest BCUT2D eigenvalue weighted by atomic mass is 10.1. The minimum Gasteiger partial charge on any atom is -0.452 e. The van der Waals surface area contributed by atoms with Gasteiger partial charge in [0.25, 0.3) is 5.91 Å². The van der Waals surface area contributed by atoms with Crippen LogP contribution in [0, 0.1) is 0 Å². The van der Waals surface area contributed by atoms with E-state index >= 15 is 0 Å². The van der Waals surface area contributed by atoms with Gasteiger partial charge in [-0.1, -0.05) is 29.5 Å². The van der Waals surface area contributed by atoms with Crippen molar-refractivity contribution < 1.29 is 27.5 Å². The highest BCUT2D eigenvalue weighted by Crippen LogP contribution is 2.14. The molecule has 2 aromatic carbocycles. The van der Waals surface area contributed by atoms with Crippen LogP contribution in [0.4, 0.5) is 13.2 Å². The zero-order valence-electron chi connectivity index (χ0n) is 14.4. The number of rotatable bonds is 6. The Labute approximate surface area is 157 Å². The number of carbonyl (C=O) groups is 2. The third-order valence-corrected chi connectivity index (χ3v) is 3.76. The molecule has 7 nitrogen and oxygen atoms in total. The van der Waals surface area contributed by atoms with E-state index in [9.17, 15) is 22.8 Å². The molecule has 1 heterocycles. The van der Waals surface area contributed by atoms with Crippen molar-refractivity contribution >= 4 is 22.9 Å². The SMILES string of the molecule is O=C(COC(=O)c1ccc(Cn2nnc3ccccc32)cc1)NCC(F)(F)F. The summed E-state index contributed by atoms with van der Waals surface area (Å²) in [4.78, 5) is 23.2. The van der Waals surface area contributed by atoms with Crippen molar-refractivity contribution in [2.24, 2.45) is 0 Å². The fourth-order valence-corrected chi connectivity index (χ4v) is 2.42. The van der Waals surface area contributed by atoms with Gasteiger partial charge in [0.2, 0.25) is 0 Å². The number of amides is 1. The average molecular weight is 392 g/mol. The molecule has 0 fully saturated rings. The lowest BCUT2D eigenvalue weighted by molar-refractivity contribution is -0.140. The number of esters is 1. The van der Waals surface area contributed by atoms with Gasteiger partial charge in [0.05, 0.1) is 17.6 Å². The number of nitrogens with zero attached hydrogens (tertiary/aromatic N) is 3. The number of fused-ring (bicyclic) bond motifs is 1. The lowest BCUT2D eigenvalue weighted by Crippen LogP contribution is -2.36. The van der Waals surface area contributed by atoms with E-state index in [1.54, 1.807) is 22.1 Å². The third-order valence-electron chi connectivity index (χ3n) is 3.76. The van der Waals surface area contributed by atoms with Crippen LogP contribution in [0.1, 0.15) is 15.9 Å². The number of ether oxygens (including phenoxy) is 1. The van der Waals surface area contributed by atoms with Crippen molar-refractivity contribution in [1.29, 1.82) is 0 Å². The molecule has 0 atom stereocenters. The van der Waals surface area contributed by atoms with E-state index in [1.165, 1.54) is 12.1 Å². The van der Waals surface area contributed by atoms with Crippen molar-refractivity contribution in [2.45, 2.75) is 12.7 Å². The molecule has 0 unspecified atom stereocenters. The maximum atomic E-state index is 12.0. The largest absolute Gasteiger partial charge is 0.452 e. The van der Waals surface area contributed by atoms with Gasteiger partial charge in [-0.2, -0.15) is 13.2 Å². The zero-order valence-corrected chi connectivity index (χ0v) is 14.4. The summed E-state index contributed by atoms with van der Waals surface area (Å²) in [5.41, 5.74) is 2.67. The van der Waals surface area contributed by atoms with Gasteiger partial charge in [0.15, 0.2) is 6.61 Å². The molecule has 0 bridgehead atoms. The van der Waals surface area contributed by atoms with E-state index in [2.05, 4.69) is 10.3 Å². The molecule has 10 heteroatoms. The zero-order chi connectivity index (χ0) is 20.1. The molecule has 3 aromatic rings. The van der Waals surface area contributed by atoms with Crippen molar-refractivity contribution in [3.63, 3.8) is 0 Å². The van der Waals surface area contributed by atoms with Crippen LogP contribution >= 0.6 is 0 Å². The highest BCUT2D eigenvalue weighted by molar-refractivity contribution is 5.91. The molecule has 0 saturated carbocycles. The van der Waals surface area contributed by atoms with Crippen molar-refractivity contribution in [3.05, 3.63) is 59.7 Å². The minimum absolute atomic E-state index is 0.177. The fourth-order valence-electron chi connectivity index (χ4n) is 2.42. The summed E-state index contributed by atoms with van der Waals surface area (Å²) < 4.78 is 42.4. The molecule has 0 aliphatic carbocycles. The topological polar surface area (TPSA) is 86.1 Å². The van der Waals surface area contributed by atoms with E-state index < -0.39 is 31.2 Å². The highest BCUT2D eigenvalue weighted by Gasteiger charge is 2.27. The van der Waals surface area contributed by atoms with Gasteiger partial charge in [-0.3, -0.25) is 4.79 Å². The molecule has 146 valence electrons. The summed E-state index contributed by atoms with van der Waals surface area (Å²) in [6, 6.07) is 13.9. The van der Waals surface area contributed by atoms with Crippen LogP contribution in [0.15, 0.2) is 48.5 Å². The second kappa shape index (κ2) is 8.07. The van der Waals surface area contributed by atoms with Gasteiger partial charge in [-0.25, -0.2) is 9.48 Å². The normalized spacial score (nSPS) is 11.4. The monoisotopic (exact) mass is 392 g/mol. The van der Waals surface area contributed by atoms with Crippen LogP contribution in [0.25, 0.3) is 11.0 Å². The maximum absolute atomic E-state index is 12.0. The second-order valence-electron chi connectivity index (χ2n) is 5.90. The van der Waals surface area contributed by atoms with E-state index in [0.717, 1.165) is 16.6 Å². The summed E-state index contributed by atoms with van der Waals surface area (Å²) in [6.07, 6.45) is -4.52. The Balaban J connectivity index is 1.55. The van der Waals surface area contributed by atoms with Crippen LogP contribution in [-0.4, -0.2) is 46.2 Å². The first-order chi connectivity index (χ1) is 13.3. The number of para-hydroxylation sites is 1. The van der Waals surface area contributed by atoms with Gasteiger partial charge in [0.1, 0.15) is 12.1 Å². The average Bonchev–Trinajstić information content (AvgIpc) is 3.07. The summed E-state index contributed by atoms with van der Waals surface area (Å²) in [7, 11) is 0. The number of halogens is 3. The van der Waals surface area contributed by atoms with Gasteiger partial charge in [-0.15, -0.1) is 5.10 Å². The number of carbonyl (C=O) groups excluding carboxylic acids is 2. The van der Waals surface area contributed by atoms with Crippen LogP contribution in [0.3, 0.4) is 0 Å². The van der Waals surface area contributed by atoms with Crippen LogP contribution in [0.2, 0.25) is 0 Å². The maximum Gasteiger partial charge on any atom is 0.405 e. The predicted molar refractivity (Wildman–Crippen MR) is 92.4 cm³/mol. The van der Waals surface area contributed by atoms with Crippen molar-refractivity contribution in [3.8, 4) is 0 Å². The van der Waals surface area contributed by atoms with Gasteiger partial charge in [-0.05, 0) is 29.8 Å². The molecule has 3 rings (SSSR count). The fraction of sp³-hybridized carbons (Fsp3) is 0.222. The summed E-state index contributed by atoms with van der Waals surface area (Å²) >= 11 is 0. The molecule has 0 aliphatic rings. The molecule has 0 aliphatic heterocycles. The van der Waals surface area contributed by atoms with E-state index in [4.69, 9.17) is 4.74 Å². The van der Waals surface area contributed by atoms with Gasteiger partial charge >= 0.3 is 12.1 Å². The van der Waals surface area contributed by atoms with Crippen LogP contribution in [0.5, 0.6) is 0 Å². The number of alkyl halides is 3. The Morgan fingerprint density at radius 3 is 2.50 bits per heavy atom. The Morgan fingerprint density at radius 2 is 1.79 bits per heavy atom. The van der Waals surface area contributed by atoms with E-state index in [0.29, 0.717) is 6.54 Å². The molecule has 0 radical (unpaired) electrons. The summed E-state index contributed by atoms with van der Waals surface area (Å²) in [6.45, 7) is -1.83. The predicted octanol–water partition coefficient (Wildman–Crippen LogP) is 2.31. The van der Waals surface area contributed by atoms with Gasteiger partial charge in [0, 0.05) is 0 Å². The molecule has 1 aromatic heterocycles. The second-order valence-corrected chi connectivity index (χ2v) is 5.90. The Morgan fingerprint density at radius 1 is 1.07 bits per heavy atom. The quantitative estimate of drug-likeness (QED) is 0.651. The van der Waals surface area contributed by atoms with E-state index in [-0.39, 0.29) is 5.56 Å². The first-order valence-corrected chi connectivity index (χ1v) is 8.19. The Bertz CT molecular complexity index is 984. The number of nitrogens with one attached hydrogen (secondary N) is 1. The Kier molecular flexibility index (Phi) is 5.57. The third kappa shape index (κ3) is 5.06. The Hall–Kier alpha value is -3.43. The molecular weight excluding hydrogens is 377 g/mol. The first kappa shape index (κ1) is 19.3.